The molecule has 0 bridgehead atoms. The van der Waals surface area contributed by atoms with Crippen molar-refractivity contribution in [1.82, 2.24) is 25.0 Å². The van der Waals surface area contributed by atoms with Gasteiger partial charge in [0.1, 0.15) is 0 Å². The predicted octanol–water partition coefficient (Wildman–Crippen LogP) is 2.32. The zero-order valence-electron chi connectivity index (χ0n) is 12.8. The fraction of sp³-hybridized carbons (Fsp3) is 0.250. The number of anilines is 1. The van der Waals surface area contributed by atoms with Crippen LogP contribution in [0.4, 0.5) is 5.95 Å². The summed E-state index contributed by atoms with van der Waals surface area (Å²) in [5, 5.41) is 4.72. The first-order valence-corrected chi connectivity index (χ1v) is 7.96. The van der Waals surface area contributed by atoms with Crippen LogP contribution in [-0.4, -0.2) is 31.6 Å². The third-order valence-corrected chi connectivity index (χ3v) is 4.21. The Balaban J connectivity index is 1.47. The molecule has 0 spiro atoms. The van der Waals surface area contributed by atoms with E-state index in [9.17, 15) is 0 Å². The molecule has 24 heavy (non-hydrogen) atoms. The van der Waals surface area contributed by atoms with Gasteiger partial charge in [0.05, 0.1) is 12.2 Å². The molecule has 0 aliphatic carbocycles. The molecule has 122 valence electrons. The van der Waals surface area contributed by atoms with Gasteiger partial charge in [0.2, 0.25) is 17.7 Å². The molecule has 2 aromatic heterocycles. The second kappa shape index (κ2) is 6.18. The Bertz CT molecular complexity index is 863. The van der Waals surface area contributed by atoms with E-state index in [0.717, 1.165) is 36.3 Å². The smallest absolute Gasteiger partial charge is 0.241 e. The van der Waals surface area contributed by atoms with Crippen molar-refractivity contribution in [2.75, 3.05) is 12.3 Å². The van der Waals surface area contributed by atoms with Crippen molar-refractivity contribution in [3.05, 3.63) is 52.6 Å². The van der Waals surface area contributed by atoms with Crippen molar-refractivity contribution >= 4 is 17.5 Å². The number of hydrogen-bond acceptors (Lipinski definition) is 7. The van der Waals surface area contributed by atoms with Gasteiger partial charge < -0.3 is 10.3 Å². The standard InChI is InChI=1S/C16H15ClN6O/c17-12-3-1-10(2-4-12)15-21-14(24-22-15)9-23-6-5-13-11(8-23)7-19-16(18)20-13/h1-4,7H,5-6,8-9H2,(H2,18,19,20). The Labute approximate surface area is 143 Å². The number of fused-ring (bicyclic) bond motifs is 1. The molecular weight excluding hydrogens is 328 g/mol. The van der Waals surface area contributed by atoms with Gasteiger partial charge >= 0.3 is 0 Å². The van der Waals surface area contributed by atoms with Crippen molar-refractivity contribution in [3.63, 3.8) is 0 Å². The number of aromatic nitrogens is 4. The second-order valence-electron chi connectivity index (χ2n) is 5.68. The molecule has 2 N–H and O–H groups in total. The molecule has 1 aromatic carbocycles. The summed E-state index contributed by atoms with van der Waals surface area (Å²) >= 11 is 5.90. The highest BCUT2D eigenvalue weighted by Crippen LogP contribution is 2.21. The number of nitrogens with two attached hydrogens (primary N) is 1. The van der Waals surface area contributed by atoms with Gasteiger partial charge in [-0.15, -0.1) is 0 Å². The number of rotatable bonds is 3. The maximum atomic E-state index is 5.90. The molecule has 0 fully saturated rings. The number of hydrogen-bond donors (Lipinski definition) is 1. The third-order valence-electron chi connectivity index (χ3n) is 3.96. The largest absolute Gasteiger partial charge is 0.368 e. The minimum Gasteiger partial charge on any atom is -0.368 e. The van der Waals surface area contributed by atoms with E-state index in [0.29, 0.717) is 29.2 Å². The average molecular weight is 343 g/mol. The number of nitrogen functional groups attached to an aromatic ring is 1. The van der Waals surface area contributed by atoms with E-state index in [4.69, 9.17) is 21.9 Å². The van der Waals surface area contributed by atoms with Crippen molar-refractivity contribution in [2.24, 2.45) is 0 Å². The van der Waals surface area contributed by atoms with Gasteiger partial charge in [-0.3, -0.25) is 4.90 Å². The van der Waals surface area contributed by atoms with Gasteiger partial charge in [0.25, 0.3) is 0 Å². The summed E-state index contributed by atoms with van der Waals surface area (Å²) in [5.41, 5.74) is 8.62. The van der Waals surface area contributed by atoms with E-state index in [-0.39, 0.29) is 0 Å². The molecule has 0 saturated carbocycles. The summed E-state index contributed by atoms with van der Waals surface area (Å²) in [4.78, 5) is 15.0. The minimum absolute atomic E-state index is 0.326. The third kappa shape index (κ3) is 3.08. The van der Waals surface area contributed by atoms with Crippen LogP contribution in [0.15, 0.2) is 35.0 Å². The fourth-order valence-electron chi connectivity index (χ4n) is 2.75. The van der Waals surface area contributed by atoms with E-state index < -0.39 is 0 Å². The lowest BCUT2D eigenvalue weighted by Gasteiger charge is -2.26. The Kier molecular flexibility index (Phi) is 3.87. The highest BCUT2D eigenvalue weighted by molar-refractivity contribution is 6.30. The monoisotopic (exact) mass is 342 g/mol. The van der Waals surface area contributed by atoms with Gasteiger partial charge in [-0.1, -0.05) is 16.8 Å². The molecule has 4 rings (SSSR count). The normalized spacial score (nSPS) is 14.5. The molecule has 0 unspecified atom stereocenters. The van der Waals surface area contributed by atoms with E-state index >= 15 is 0 Å². The molecule has 0 saturated heterocycles. The Morgan fingerprint density at radius 3 is 2.88 bits per heavy atom. The highest BCUT2D eigenvalue weighted by atomic mass is 35.5. The van der Waals surface area contributed by atoms with Crippen molar-refractivity contribution in [1.29, 1.82) is 0 Å². The molecular formula is C16H15ClN6O. The van der Waals surface area contributed by atoms with Crippen LogP contribution in [0.1, 0.15) is 17.1 Å². The first kappa shape index (κ1) is 15.0. The second-order valence-corrected chi connectivity index (χ2v) is 6.12. The molecule has 0 radical (unpaired) electrons. The Morgan fingerprint density at radius 2 is 2.04 bits per heavy atom. The summed E-state index contributed by atoms with van der Waals surface area (Å²) in [6.45, 7) is 2.20. The zero-order valence-corrected chi connectivity index (χ0v) is 13.6. The molecule has 3 aromatic rings. The molecule has 7 nitrogen and oxygen atoms in total. The van der Waals surface area contributed by atoms with Crippen LogP contribution >= 0.6 is 11.6 Å². The Morgan fingerprint density at radius 1 is 1.21 bits per heavy atom. The summed E-state index contributed by atoms with van der Waals surface area (Å²) in [6.07, 6.45) is 2.62. The van der Waals surface area contributed by atoms with Gasteiger partial charge in [-0.25, -0.2) is 9.97 Å². The summed E-state index contributed by atoms with van der Waals surface area (Å²) < 4.78 is 5.37. The molecule has 1 aliphatic rings. The van der Waals surface area contributed by atoms with E-state index in [1.807, 2.05) is 12.1 Å². The van der Waals surface area contributed by atoms with Crippen LogP contribution in [0.5, 0.6) is 0 Å². The van der Waals surface area contributed by atoms with E-state index in [1.54, 1.807) is 18.3 Å². The molecule has 0 amide bonds. The number of halogens is 1. The van der Waals surface area contributed by atoms with Crippen LogP contribution in [0.25, 0.3) is 11.4 Å². The maximum absolute atomic E-state index is 5.90. The first-order valence-electron chi connectivity index (χ1n) is 7.58. The first-order chi connectivity index (χ1) is 11.7. The number of nitrogens with zero attached hydrogens (tertiary/aromatic N) is 5. The lowest BCUT2D eigenvalue weighted by molar-refractivity contribution is 0.209. The quantitative estimate of drug-likeness (QED) is 0.780. The summed E-state index contributed by atoms with van der Waals surface area (Å²) in [6, 6.07) is 7.35. The van der Waals surface area contributed by atoms with Crippen molar-refractivity contribution in [3.8, 4) is 11.4 Å². The fourth-order valence-corrected chi connectivity index (χ4v) is 2.88. The van der Waals surface area contributed by atoms with Gasteiger partial charge in [0.15, 0.2) is 0 Å². The predicted molar refractivity (Wildman–Crippen MR) is 89.0 cm³/mol. The highest BCUT2D eigenvalue weighted by Gasteiger charge is 2.20. The minimum atomic E-state index is 0.326. The van der Waals surface area contributed by atoms with Crippen LogP contribution in [0.3, 0.4) is 0 Å². The van der Waals surface area contributed by atoms with E-state index in [1.165, 1.54) is 0 Å². The topological polar surface area (TPSA) is 94.0 Å². The van der Waals surface area contributed by atoms with Crippen molar-refractivity contribution < 1.29 is 4.52 Å². The van der Waals surface area contributed by atoms with E-state index in [2.05, 4.69) is 25.0 Å². The molecule has 0 atom stereocenters. The molecule has 1 aliphatic heterocycles. The van der Waals surface area contributed by atoms with Crippen LogP contribution in [0.2, 0.25) is 5.02 Å². The molecule has 3 heterocycles. The lowest BCUT2D eigenvalue weighted by atomic mass is 10.1. The van der Waals surface area contributed by atoms with Crippen LogP contribution in [0, 0.1) is 0 Å². The Hall–Kier alpha value is -2.51. The lowest BCUT2D eigenvalue weighted by Crippen LogP contribution is -2.31. The number of benzene rings is 1. The van der Waals surface area contributed by atoms with Gasteiger partial charge in [-0.05, 0) is 24.3 Å². The SMILES string of the molecule is Nc1ncc2c(n1)CCN(Cc1nc(-c3ccc(Cl)cc3)no1)C2. The van der Waals surface area contributed by atoms with Crippen LogP contribution in [-0.2, 0) is 19.5 Å². The average Bonchev–Trinajstić information content (AvgIpc) is 3.04. The van der Waals surface area contributed by atoms with Gasteiger partial charge in [-0.2, -0.15) is 4.98 Å². The van der Waals surface area contributed by atoms with Crippen molar-refractivity contribution in [2.45, 2.75) is 19.5 Å². The maximum Gasteiger partial charge on any atom is 0.241 e. The summed E-state index contributed by atoms with van der Waals surface area (Å²) in [7, 11) is 0. The van der Waals surface area contributed by atoms with Gasteiger partial charge in [0, 0.05) is 41.9 Å². The molecule has 8 heteroatoms. The zero-order chi connectivity index (χ0) is 16.5. The summed E-state index contributed by atoms with van der Waals surface area (Å²) in [5.74, 6) is 1.47. The van der Waals surface area contributed by atoms with Crippen LogP contribution < -0.4 is 5.73 Å².